The molecule has 0 heterocycles. The summed E-state index contributed by atoms with van der Waals surface area (Å²) in [5.41, 5.74) is 3.95. The fourth-order valence-corrected chi connectivity index (χ4v) is 4.33. The SMILES string of the molecule is CCOc1ccc(/C=C/C(=O)NC(=S)Nc2ccc(S(=O)(=O)Nc3ccc(C)c(C)c3)cc2)cc1. The molecule has 3 rings (SSSR count). The third kappa shape index (κ3) is 7.66. The Morgan fingerprint density at radius 2 is 1.60 bits per heavy atom. The van der Waals surface area contributed by atoms with E-state index in [-0.39, 0.29) is 10.0 Å². The molecule has 0 spiro atoms. The van der Waals surface area contributed by atoms with Crippen LogP contribution in [0, 0.1) is 13.8 Å². The van der Waals surface area contributed by atoms with Crippen molar-refractivity contribution in [3.05, 3.63) is 89.5 Å². The number of thiocarbonyl (C=S) groups is 1. The van der Waals surface area contributed by atoms with Crippen molar-refractivity contribution in [1.82, 2.24) is 5.32 Å². The summed E-state index contributed by atoms with van der Waals surface area (Å²) in [5, 5.41) is 5.52. The second-order valence-electron chi connectivity index (χ2n) is 7.71. The van der Waals surface area contributed by atoms with Gasteiger partial charge in [0.1, 0.15) is 5.75 Å². The summed E-state index contributed by atoms with van der Waals surface area (Å²) in [6, 6.07) is 18.8. The molecule has 0 atom stereocenters. The Kier molecular flexibility index (Phi) is 8.62. The van der Waals surface area contributed by atoms with E-state index in [2.05, 4.69) is 15.4 Å². The average molecular weight is 510 g/mol. The molecule has 3 N–H and O–H groups in total. The van der Waals surface area contributed by atoms with Crippen LogP contribution in [0.1, 0.15) is 23.6 Å². The van der Waals surface area contributed by atoms with Crippen molar-refractivity contribution in [3.63, 3.8) is 0 Å². The van der Waals surface area contributed by atoms with Gasteiger partial charge in [0.05, 0.1) is 11.5 Å². The first-order chi connectivity index (χ1) is 16.7. The number of sulfonamides is 1. The lowest BCUT2D eigenvalue weighted by Crippen LogP contribution is -2.32. The lowest BCUT2D eigenvalue weighted by Gasteiger charge is -2.11. The van der Waals surface area contributed by atoms with Gasteiger partial charge >= 0.3 is 0 Å². The maximum absolute atomic E-state index is 12.7. The summed E-state index contributed by atoms with van der Waals surface area (Å²) in [7, 11) is -3.74. The molecule has 0 aromatic heterocycles. The van der Waals surface area contributed by atoms with Crippen LogP contribution in [0.3, 0.4) is 0 Å². The van der Waals surface area contributed by atoms with Crippen LogP contribution < -0.4 is 20.1 Å². The monoisotopic (exact) mass is 509 g/mol. The Bertz CT molecular complexity index is 1330. The van der Waals surface area contributed by atoms with Crippen LogP contribution in [0.4, 0.5) is 11.4 Å². The van der Waals surface area contributed by atoms with Crippen molar-refractivity contribution >= 4 is 50.7 Å². The molecule has 0 saturated carbocycles. The van der Waals surface area contributed by atoms with E-state index >= 15 is 0 Å². The second-order valence-corrected chi connectivity index (χ2v) is 9.80. The summed E-state index contributed by atoms with van der Waals surface area (Å²) in [4.78, 5) is 12.3. The molecule has 0 saturated heterocycles. The fraction of sp³-hybridized carbons (Fsp3) is 0.154. The van der Waals surface area contributed by atoms with E-state index in [9.17, 15) is 13.2 Å². The van der Waals surface area contributed by atoms with Crippen LogP contribution in [-0.2, 0) is 14.8 Å². The molecule has 0 aliphatic heterocycles. The van der Waals surface area contributed by atoms with Crippen LogP contribution >= 0.6 is 12.2 Å². The van der Waals surface area contributed by atoms with Gasteiger partial charge in [-0.25, -0.2) is 8.42 Å². The number of benzene rings is 3. The lowest BCUT2D eigenvalue weighted by molar-refractivity contribution is -0.115. The molecule has 0 aliphatic rings. The number of nitrogens with one attached hydrogen (secondary N) is 3. The summed E-state index contributed by atoms with van der Waals surface area (Å²) in [6.45, 7) is 6.38. The number of amides is 1. The van der Waals surface area contributed by atoms with E-state index in [4.69, 9.17) is 17.0 Å². The van der Waals surface area contributed by atoms with Crippen molar-refractivity contribution in [2.24, 2.45) is 0 Å². The van der Waals surface area contributed by atoms with Gasteiger partial charge < -0.3 is 10.1 Å². The maximum atomic E-state index is 12.7. The minimum atomic E-state index is -3.74. The number of hydrogen-bond acceptors (Lipinski definition) is 5. The predicted molar refractivity (Wildman–Crippen MR) is 144 cm³/mol. The zero-order chi connectivity index (χ0) is 25.4. The quantitative estimate of drug-likeness (QED) is 0.291. The zero-order valence-electron chi connectivity index (χ0n) is 19.7. The van der Waals surface area contributed by atoms with Crippen LogP contribution in [-0.4, -0.2) is 26.0 Å². The Morgan fingerprint density at radius 1 is 0.943 bits per heavy atom. The fourth-order valence-electron chi connectivity index (χ4n) is 3.07. The first-order valence-electron chi connectivity index (χ1n) is 10.9. The molecular formula is C26H27N3O4S2. The molecule has 35 heavy (non-hydrogen) atoms. The molecular weight excluding hydrogens is 482 g/mol. The van der Waals surface area contributed by atoms with Gasteiger partial charge in [-0.2, -0.15) is 0 Å². The van der Waals surface area contributed by atoms with Gasteiger partial charge in [0.25, 0.3) is 10.0 Å². The van der Waals surface area contributed by atoms with Gasteiger partial charge in [-0.05, 0) is 104 Å². The molecule has 7 nitrogen and oxygen atoms in total. The number of aryl methyl sites for hydroxylation is 2. The Labute approximate surface area is 211 Å². The van der Waals surface area contributed by atoms with E-state index in [1.165, 1.54) is 18.2 Å². The van der Waals surface area contributed by atoms with Crippen LogP contribution in [0.25, 0.3) is 6.08 Å². The molecule has 0 aliphatic carbocycles. The number of hydrogen-bond donors (Lipinski definition) is 3. The molecule has 0 bridgehead atoms. The Hall–Kier alpha value is -3.69. The molecule has 0 unspecified atom stereocenters. The average Bonchev–Trinajstić information content (AvgIpc) is 2.81. The smallest absolute Gasteiger partial charge is 0.261 e. The van der Waals surface area contributed by atoms with Crippen LogP contribution in [0.15, 0.2) is 77.7 Å². The van der Waals surface area contributed by atoms with Crippen LogP contribution in [0.5, 0.6) is 5.75 Å². The van der Waals surface area contributed by atoms with Gasteiger partial charge in [0.15, 0.2) is 5.11 Å². The number of anilines is 2. The number of rotatable bonds is 8. The first-order valence-corrected chi connectivity index (χ1v) is 12.8. The predicted octanol–water partition coefficient (Wildman–Crippen LogP) is 5.03. The highest BCUT2D eigenvalue weighted by atomic mass is 32.2. The van der Waals surface area contributed by atoms with E-state index in [0.717, 1.165) is 22.4 Å². The van der Waals surface area contributed by atoms with E-state index in [1.54, 1.807) is 30.3 Å². The molecule has 9 heteroatoms. The highest BCUT2D eigenvalue weighted by molar-refractivity contribution is 7.92. The summed E-state index contributed by atoms with van der Waals surface area (Å²) >= 11 is 5.18. The number of carbonyl (C=O) groups is 1. The normalized spacial score (nSPS) is 11.2. The van der Waals surface area contributed by atoms with Gasteiger partial charge in [-0.3, -0.25) is 14.8 Å². The lowest BCUT2D eigenvalue weighted by atomic mass is 10.1. The standard InChI is InChI=1S/C26H27N3O4S2/c1-4-33-23-12-6-20(7-13-23)8-16-25(30)28-26(34)27-21-10-14-24(15-11-21)35(31,32)29-22-9-5-18(2)19(3)17-22/h5-17,29H,4H2,1-3H3,(H2,27,28,30,34)/b16-8+. The molecule has 0 radical (unpaired) electrons. The van der Waals surface area contributed by atoms with E-state index in [0.29, 0.717) is 18.0 Å². The molecule has 182 valence electrons. The topological polar surface area (TPSA) is 96.5 Å². The third-order valence-corrected chi connectivity index (χ3v) is 6.64. The summed E-state index contributed by atoms with van der Waals surface area (Å²) in [5.74, 6) is 0.368. The summed E-state index contributed by atoms with van der Waals surface area (Å²) in [6.07, 6.45) is 3.04. The van der Waals surface area contributed by atoms with Crippen LogP contribution in [0.2, 0.25) is 0 Å². The van der Waals surface area contributed by atoms with E-state index < -0.39 is 15.9 Å². The van der Waals surface area contributed by atoms with Crippen molar-refractivity contribution in [3.8, 4) is 5.75 Å². The molecule has 3 aromatic rings. The highest BCUT2D eigenvalue weighted by Crippen LogP contribution is 2.20. The van der Waals surface area contributed by atoms with Crippen molar-refractivity contribution in [2.45, 2.75) is 25.7 Å². The third-order valence-electron chi connectivity index (χ3n) is 5.04. The molecule has 3 aromatic carbocycles. The van der Waals surface area contributed by atoms with Gasteiger partial charge in [0.2, 0.25) is 5.91 Å². The van der Waals surface area contributed by atoms with Crippen molar-refractivity contribution < 1.29 is 17.9 Å². The van der Waals surface area contributed by atoms with Crippen molar-refractivity contribution in [1.29, 1.82) is 0 Å². The second kappa shape index (κ2) is 11.6. The zero-order valence-corrected chi connectivity index (χ0v) is 21.3. The van der Waals surface area contributed by atoms with Gasteiger partial charge in [0, 0.05) is 17.5 Å². The van der Waals surface area contributed by atoms with Gasteiger partial charge in [-0.15, -0.1) is 0 Å². The summed E-state index contributed by atoms with van der Waals surface area (Å²) < 4.78 is 33.3. The maximum Gasteiger partial charge on any atom is 0.261 e. The van der Waals surface area contributed by atoms with E-state index in [1.807, 2.05) is 51.1 Å². The molecule has 0 fully saturated rings. The Morgan fingerprint density at radius 3 is 2.23 bits per heavy atom. The van der Waals surface area contributed by atoms with Crippen molar-refractivity contribution in [2.75, 3.05) is 16.6 Å². The minimum absolute atomic E-state index is 0.0928. The minimum Gasteiger partial charge on any atom is -0.494 e. The Balaban J connectivity index is 1.55. The number of ether oxygens (including phenoxy) is 1. The first kappa shape index (κ1) is 25.9. The highest BCUT2D eigenvalue weighted by Gasteiger charge is 2.14. The number of carbonyl (C=O) groups excluding carboxylic acids is 1. The molecule has 1 amide bonds. The van der Waals surface area contributed by atoms with Gasteiger partial charge in [-0.1, -0.05) is 18.2 Å². The largest absolute Gasteiger partial charge is 0.494 e.